The SMILES string of the molecule is Cc1cc(C)cc(Nc2nccc(-c3nc(CN(C)C)cs3)n2)c1.Cc1cc(C)cc(Nc2nccc(-c3nc(CN4CCC(O)C4)cs3)n2)c1.Cc1cc(C)cc(Nc2nccc(-c3nc(CN4CCC(O)CC4)cs3)n2)c1.Cc1cc(C)cc(Nc2nccc(-c3nc(CN4CCC[C@H]4CO)cs3)n2)c1. The summed E-state index contributed by atoms with van der Waals surface area (Å²) < 4.78 is 0. The molecule has 4 aromatic carbocycles. The molecule has 0 spiro atoms. The average Bonchev–Trinajstić information content (AvgIpc) is 1.70. The van der Waals surface area contributed by atoms with E-state index in [4.69, 9.17) is 15.0 Å². The van der Waals surface area contributed by atoms with Crippen LogP contribution in [0, 0.1) is 55.4 Å². The van der Waals surface area contributed by atoms with Crippen molar-refractivity contribution in [2.24, 2.45) is 0 Å². The minimum atomic E-state index is -0.205. The fourth-order valence-electron chi connectivity index (χ4n) is 13.2. The van der Waals surface area contributed by atoms with Crippen molar-refractivity contribution in [3.05, 3.63) is 211 Å². The minimum absolute atomic E-state index is 0.147. The number of likely N-dealkylation sites (tertiary alicyclic amines) is 3. The van der Waals surface area contributed by atoms with E-state index in [-0.39, 0.29) is 24.9 Å². The molecule has 3 aliphatic rings. The molecule has 11 heterocycles. The molecule has 0 aliphatic carbocycles. The van der Waals surface area contributed by atoms with E-state index < -0.39 is 0 Å². The summed E-state index contributed by atoms with van der Waals surface area (Å²) in [5, 5.41) is 53.9. The predicted octanol–water partition coefficient (Wildman–Crippen LogP) is 15.4. The molecule has 2 atom stereocenters. The molecule has 556 valence electrons. The van der Waals surface area contributed by atoms with E-state index in [1.165, 1.54) is 44.5 Å². The number of rotatable bonds is 21. The van der Waals surface area contributed by atoms with Crippen LogP contribution in [0.1, 0.15) is 99.4 Å². The van der Waals surface area contributed by atoms with Gasteiger partial charge in [0.15, 0.2) is 0 Å². The number of benzene rings is 4. The Labute approximate surface area is 642 Å². The van der Waals surface area contributed by atoms with Gasteiger partial charge in [0, 0.05) is 127 Å². The zero-order valence-electron chi connectivity index (χ0n) is 62.3. The maximum absolute atomic E-state index is 9.66. The number of aromatic nitrogens is 12. The number of anilines is 8. The molecule has 23 nitrogen and oxygen atoms in total. The smallest absolute Gasteiger partial charge is 0.227 e. The van der Waals surface area contributed by atoms with E-state index in [1.54, 1.807) is 70.1 Å². The van der Waals surface area contributed by atoms with Crippen molar-refractivity contribution in [1.82, 2.24) is 79.4 Å². The molecule has 0 saturated carbocycles. The lowest BCUT2D eigenvalue weighted by Crippen LogP contribution is -2.35. The zero-order valence-corrected chi connectivity index (χ0v) is 65.6. The third-order valence-corrected chi connectivity index (χ3v) is 21.4. The Morgan fingerprint density at radius 2 is 0.710 bits per heavy atom. The van der Waals surface area contributed by atoms with Crippen LogP contribution in [-0.4, -0.2) is 166 Å². The van der Waals surface area contributed by atoms with E-state index in [2.05, 4.69) is 235 Å². The number of hydrogen-bond donors (Lipinski definition) is 7. The number of β-amino-alcohol motifs (C(OH)–C–C–N with tert-alkyl or cyclic N) is 1. The largest absolute Gasteiger partial charge is 0.395 e. The van der Waals surface area contributed by atoms with Gasteiger partial charge in [-0.1, -0.05) is 24.3 Å². The minimum Gasteiger partial charge on any atom is -0.395 e. The van der Waals surface area contributed by atoms with Gasteiger partial charge in [-0.3, -0.25) is 14.7 Å². The lowest BCUT2D eigenvalue weighted by atomic mass is 10.1. The highest BCUT2D eigenvalue weighted by Gasteiger charge is 2.26. The van der Waals surface area contributed by atoms with Crippen LogP contribution in [0.4, 0.5) is 46.5 Å². The van der Waals surface area contributed by atoms with Crippen molar-refractivity contribution in [2.75, 3.05) is 74.7 Å². The summed E-state index contributed by atoms with van der Waals surface area (Å²) in [4.78, 5) is 63.8. The van der Waals surface area contributed by atoms with Crippen molar-refractivity contribution < 1.29 is 15.3 Å². The second-order valence-electron chi connectivity index (χ2n) is 28.0. The maximum atomic E-state index is 9.66. The zero-order chi connectivity index (χ0) is 74.9. The van der Waals surface area contributed by atoms with Crippen molar-refractivity contribution in [1.29, 1.82) is 0 Å². The Morgan fingerprint density at radius 1 is 0.393 bits per heavy atom. The van der Waals surface area contributed by atoms with Crippen molar-refractivity contribution >= 4 is 91.9 Å². The van der Waals surface area contributed by atoms with Crippen LogP contribution in [0.5, 0.6) is 0 Å². The molecular formula is C80H94N20O3S4. The van der Waals surface area contributed by atoms with Gasteiger partial charge in [-0.15, -0.1) is 45.3 Å². The lowest BCUT2D eigenvalue weighted by molar-refractivity contribution is 0.0787. The number of hydrogen-bond acceptors (Lipinski definition) is 27. The Bertz CT molecular complexity index is 4820. The number of nitrogens with one attached hydrogen (secondary N) is 4. The highest BCUT2D eigenvalue weighted by Crippen LogP contribution is 2.31. The van der Waals surface area contributed by atoms with Gasteiger partial charge in [-0.25, -0.2) is 59.8 Å². The number of piperidine rings is 1. The Morgan fingerprint density at radius 3 is 1.05 bits per heavy atom. The highest BCUT2D eigenvalue weighted by atomic mass is 32.1. The summed E-state index contributed by atoms with van der Waals surface area (Å²) in [6.45, 7) is 24.6. The highest BCUT2D eigenvalue weighted by molar-refractivity contribution is 7.14. The molecule has 0 bridgehead atoms. The average molecular weight is 1510 g/mol. The van der Waals surface area contributed by atoms with Crippen LogP contribution in [0.15, 0.2) is 143 Å². The molecule has 8 aromatic heterocycles. The Kier molecular flexibility index (Phi) is 26.7. The maximum Gasteiger partial charge on any atom is 0.227 e. The van der Waals surface area contributed by atoms with Crippen LogP contribution in [0.3, 0.4) is 0 Å². The fraction of sp³-hybridized carbons (Fsp3) is 0.350. The van der Waals surface area contributed by atoms with E-state index in [9.17, 15) is 15.3 Å². The number of thiazole rings is 4. The quantitative estimate of drug-likeness (QED) is 0.0352. The van der Waals surface area contributed by atoms with Gasteiger partial charge in [0.05, 0.1) is 41.6 Å². The third kappa shape index (κ3) is 23.1. The van der Waals surface area contributed by atoms with E-state index in [1.807, 2.05) is 38.4 Å². The second kappa shape index (κ2) is 37.0. The van der Waals surface area contributed by atoms with Gasteiger partial charge in [0.1, 0.15) is 42.8 Å². The molecule has 7 N–H and O–H groups in total. The molecule has 3 saturated heterocycles. The lowest BCUT2D eigenvalue weighted by Gasteiger charge is -2.28. The number of aliphatic hydroxyl groups excluding tert-OH is 3. The third-order valence-electron chi connectivity index (χ3n) is 17.7. The van der Waals surface area contributed by atoms with Gasteiger partial charge in [0.2, 0.25) is 23.8 Å². The topological polar surface area (TPSA) is 276 Å². The van der Waals surface area contributed by atoms with Crippen molar-refractivity contribution in [3.8, 4) is 42.8 Å². The van der Waals surface area contributed by atoms with E-state index in [0.717, 1.165) is 179 Å². The first-order valence-corrected chi connectivity index (χ1v) is 39.5. The standard InChI is InChI=1S/2C21H25N5OS.C20H23N5OS.C18H21N5S/c1-14-9-15(2)11-16(10-14)24-21-22-6-3-19(25-21)20-23-17(13-28-20)12-26-7-4-18(27)5-8-26;1-14-8-15(2)10-16(9-14)24-21-22-6-5-19(25-21)20-23-17(13-28-20)11-26-7-3-4-18(26)12-27;1-13-7-14(2)9-15(8-13)23-20-21-5-3-18(24-20)19-22-16(12-27-19)10-25-6-4-17(26)11-25;1-12-7-13(2)9-14(8-12)21-18-19-6-5-16(22-18)17-20-15(11-24-17)10-23(3)4/h3,6,9-11,13,18,27H,4-5,7-8,12H2,1-2H3,(H,22,24,25);5-6,8-10,13,18,27H,3-4,7,11-12H2,1-2H3,(H,22,24,25);3,5,7-9,12,17,26H,4,6,10-11H2,1-2H3,(H,21,23,24);5-9,11H,10H2,1-4H3,(H,19,21,22)/t;18-;;/m.0../s1. The molecule has 15 rings (SSSR count). The summed E-state index contributed by atoms with van der Waals surface area (Å²) in [6.07, 6.45) is 11.4. The summed E-state index contributed by atoms with van der Waals surface area (Å²) >= 11 is 6.40. The van der Waals surface area contributed by atoms with Gasteiger partial charge >= 0.3 is 0 Å². The first-order valence-electron chi connectivity index (χ1n) is 36.0. The molecule has 12 aromatic rings. The summed E-state index contributed by atoms with van der Waals surface area (Å²) in [7, 11) is 4.07. The molecule has 0 radical (unpaired) electrons. The summed E-state index contributed by atoms with van der Waals surface area (Å²) in [5.41, 5.74) is 21.0. The molecule has 3 fully saturated rings. The fourth-order valence-corrected chi connectivity index (χ4v) is 16.3. The number of aryl methyl sites for hydroxylation is 8. The van der Waals surface area contributed by atoms with E-state index in [0.29, 0.717) is 23.8 Å². The molecule has 27 heteroatoms. The van der Waals surface area contributed by atoms with Gasteiger partial charge in [-0.2, -0.15) is 0 Å². The molecular weight excluding hydrogens is 1420 g/mol. The summed E-state index contributed by atoms with van der Waals surface area (Å²) in [6, 6.07) is 33.0. The van der Waals surface area contributed by atoms with Gasteiger partial charge in [-0.05, 0) is 225 Å². The van der Waals surface area contributed by atoms with Gasteiger partial charge < -0.3 is 41.5 Å². The Hall–Kier alpha value is -9.36. The second-order valence-corrected chi connectivity index (χ2v) is 31.4. The Balaban J connectivity index is 0.000000134. The van der Waals surface area contributed by atoms with Gasteiger partial charge in [0.25, 0.3) is 0 Å². The molecule has 3 aliphatic heterocycles. The van der Waals surface area contributed by atoms with Crippen molar-refractivity contribution in [2.45, 2.75) is 132 Å². The number of aliphatic hydroxyl groups is 3. The first kappa shape index (κ1) is 77.3. The molecule has 107 heavy (non-hydrogen) atoms. The number of nitrogens with zero attached hydrogens (tertiary/aromatic N) is 16. The van der Waals surface area contributed by atoms with Crippen molar-refractivity contribution in [3.63, 3.8) is 0 Å². The molecule has 0 amide bonds. The van der Waals surface area contributed by atoms with Crippen LogP contribution in [0.25, 0.3) is 42.8 Å². The monoisotopic (exact) mass is 1510 g/mol. The van der Waals surface area contributed by atoms with Crippen LogP contribution >= 0.6 is 45.3 Å². The molecule has 1 unspecified atom stereocenters. The van der Waals surface area contributed by atoms with Crippen LogP contribution in [0.2, 0.25) is 0 Å². The van der Waals surface area contributed by atoms with E-state index >= 15 is 0 Å². The summed E-state index contributed by atoms with van der Waals surface area (Å²) in [5.74, 6) is 2.29. The first-order chi connectivity index (χ1) is 51.7. The predicted molar refractivity (Wildman–Crippen MR) is 434 cm³/mol. The normalized spacial score (nSPS) is 15.5. The van der Waals surface area contributed by atoms with Crippen LogP contribution < -0.4 is 21.3 Å². The van der Waals surface area contributed by atoms with Crippen LogP contribution in [-0.2, 0) is 26.2 Å².